The van der Waals surface area contributed by atoms with Crippen LogP contribution in [0.15, 0.2) is 24.6 Å². The number of aromatic nitrogens is 3. The Bertz CT molecular complexity index is 762. The van der Waals surface area contributed by atoms with Crippen LogP contribution in [0.4, 0.5) is 0 Å². The summed E-state index contributed by atoms with van der Waals surface area (Å²) in [6, 6.07) is -0.314. The van der Waals surface area contributed by atoms with E-state index in [0.717, 1.165) is 4.52 Å². The van der Waals surface area contributed by atoms with Gasteiger partial charge in [0.2, 0.25) is 0 Å². The fourth-order valence-corrected chi connectivity index (χ4v) is 1.71. The monoisotopic (exact) mass is 249 g/mol. The first kappa shape index (κ1) is 7.91. The molecule has 0 aromatic carbocycles. The van der Waals surface area contributed by atoms with Gasteiger partial charge in [-0.2, -0.15) is 5.10 Å². The highest BCUT2D eigenvalue weighted by Gasteiger charge is 2.51. The molecule has 0 N–H and O–H groups in total. The van der Waals surface area contributed by atoms with E-state index >= 15 is 0 Å². The molecule has 0 spiro atoms. The van der Waals surface area contributed by atoms with Gasteiger partial charge in [0, 0.05) is 6.17 Å². The summed E-state index contributed by atoms with van der Waals surface area (Å²) in [5, 5.41) is 3.72. The van der Waals surface area contributed by atoms with Crippen LogP contribution in [-0.4, -0.2) is 32.9 Å². The second-order valence-corrected chi connectivity index (χ2v) is 5.31. The molecule has 5 nitrogen and oxygen atoms in total. The van der Waals surface area contributed by atoms with Gasteiger partial charge in [-0.3, -0.25) is 0 Å². The summed E-state index contributed by atoms with van der Waals surface area (Å²) in [6.07, 6.45) is -0.547. The van der Waals surface area contributed by atoms with Gasteiger partial charge in [-0.05, 0) is 45.2 Å². The molecule has 0 saturated carbocycles. The van der Waals surface area contributed by atoms with Crippen LogP contribution in [0, 0.1) is 0 Å². The van der Waals surface area contributed by atoms with Gasteiger partial charge in [-0.25, -0.2) is 9.50 Å². The average molecular weight is 249 g/mol. The largest absolute Gasteiger partial charge is 0.495 e. The Kier molecular flexibility index (Phi) is 1.56. The summed E-state index contributed by atoms with van der Waals surface area (Å²) < 4.78 is 44.6. The standard InChI is InChI=1S/C12H16BN3O2/c1-11(2)12(3,4)18-13(17-11)9-5-6-16-10(7-9)14-8-15-16/h5-8H,1-4H3/i5D,6D,7D,8D. The Labute approximate surface area is 112 Å². The summed E-state index contributed by atoms with van der Waals surface area (Å²) in [5.74, 6) is 0. The van der Waals surface area contributed by atoms with Crippen LogP contribution in [-0.2, 0) is 9.31 Å². The predicted molar refractivity (Wildman–Crippen MR) is 68.7 cm³/mol. The highest BCUT2D eigenvalue weighted by Crippen LogP contribution is 2.36. The predicted octanol–water partition coefficient (Wildman–Crippen LogP) is 1.03. The average Bonchev–Trinajstić information content (AvgIpc) is 2.86. The normalized spacial score (nSPS) is 24.8. The molecule has 2 aromatic heterocycles. The Hall–Kier alpha value is -1.40. The van der Waals surface area contributed by atoms with Crippen molar-refractivity contribution in [3.05, 3.63) is 24.6 Å². The number of fused-ring (bicyclic) bond motifs is 1. The second-order valence-electron chi connectivity index (χ2n) is 5.31. The molecule has 0 atom stereocenters. The summed E-state index contributed by atoms with van der Waals surface area (Å²) in [4.78, 5) is 3.84. The van der Waals surface area contributed by atoms with Crippen molar-refractivity contribution in [3.8, 4) is 0 Å². The van der Waals surface area contributed by atoms with Crippen LogP contribution < -0.4 is 5.46 Å². The lowest BCUT2D eigenvalue weighted by molar-refractivity contribution is 0.00578. The molecule has 3 rings (SSSR count). The lowest BCUT2D eigenvalue weighted by atomic mass is 9.80. The number of hydrogen-bond donors (Lipinski definition) is 0. The van der Waals surface area contributed by atoms with Crippen LogP contribution in [0.1, 0.15) is 33.2 Å². The molecule has 0 aliphatic carbocycles. The van der Waals surface area contributed by atoms with E-state index in [9.17, 15) is 0 Å². The Morgan fingerprint density at radius 1 is 1.28 bits per heavy atom. The van der Waals surface area contributed by atoms with Crippen molar-refractivity contribution >= 4 is 18.2 Å². The van der Waals surface area contributed by atoms with E-state index in [1.807, 2.05) is 27.7 Å². The van der Waals surface area contributed by atoms with E-state index in [2.05, 4.69) is 10.1 Å². The molecule has 0 amide bonds. The SMILES string of the molecule is [2H]c1nc2c([2H])c(B3OC(C)(C)C(C)(C)O3)c([2H])c([2H])n2n1. The quantitative estimate of drug-likeness (QED) is 0.708. The molecule has 1 aliphatic rings. The Balaban J connectivity index is 2.20. The van der Waals surface area contributed by atoms with E-state index < -0.39 is 18.3 Å². The van der Waals surface area contributed by atoms with E-state index in [1.165, 1.54) is 0 Å². The first-order chi connectivity index (χ1) is 10.0. The summed E-state index contributed by atoms with van der Waals surface area (Å²) in [6.45, 7) is 7.50. The maximum atomic E-state index is 8.24. The van der Waals surface area contributed by atoms with Gasteiger partial charge >= 0.3 is 7.12 Å². The first-order valence-corrected chi connectivity index (χ1v) is 5.74. The molecule has 3 heterocycles. The molecular formula is C12H16BN3O2. The number of hydrogen-bond acceptors (Lipinski definition) is 4. The van der Waals surface area contributed by atoms with Crippen molar-refractivity contribution < 1.29 is 14.8 Å². The van der Waals surface area contributed by atoms with Crippen molar-refractivity contribution in [3.63, 3.8) is 0 Å². The lowest BCUT2D eigenvalue weighted by Crippen LogP contribution is -2.41. The third-order valence-corrected chi connectivity index (χ3v) is 3.53. The van der Waals surface area contributed by atoms with Gasteiger partial charge in [0.05, 0.1) is 15.3 Å². The molecule has 1 saturated heterocycles. The summed E-state index contributed by atoms with van der Waals surface area (Å²) in [5.41, 5.74) is -1.03. The fourth-order valence-electron chi connectivity index (χ4n) is 1.71. The fraction of sp³-hybridized carbons (Fsp3) is 0.500. The molecule has 94 valence electrons. The smallest absolute Gasteiger partial charge is 0.399 e. The minimum atomic E-state index is -0.926. The molecule has 0 radical (unpaired) electrons. The third kappa shape index (κ3) is 1.64. The molecule has 0 bridgehead atoms. The van der Waals surface area contributed by atoms with E-state index in [1.54, 1.807) is 0 Å². The highest BCUT2D eigenvalue weighted by atomic mass is 16.7. The van der Waals surface area contributed by atoms with Gasteiger partial charge in [0.25, 0.3) is 0 Å². The maximum Gasteiger partial charge on any atom is 0.495 e. The van der Waals surface area contributed by atoms with Gasteiger partial charge in [-0.15, -0.1) is 0 Å². The van der Waals surface area contributed by atoms with Crippen LogP contribution in [0.3, 0.4) is 0 Å². The number of rotatable bonds is 1. The summed E-state index contributed by atoms with van der Waals surface area (Å²) in [7, 11) is -0.926. The van der Waals surface area contributed by atoms with Crippen LogP contribution in [0.5, 0.6) is 0 Å². The number of nitrogens with zero attached hydrogens (tertiary/aromatic N) is 3. The molecule has 2 aromatic rings. The zero-order valence-electron chi connectivity index (χ0n) is 14.7. The molecule has 1 fully saturated rings. The highest BCUT2D eigenvalue weighted by molar-refractivity contribution is 6.62. The Morgan fingerprint density at radius 3 is 2.61 bits per heavy atom. The maximum absolute atomic E-state index is 8.24. The van der Waals surface area contributed by atoms with Gasteiger partial charge in [0.15, 0.2) is 5.65 Å². The van der Waals surface area contributed by atoms with Crippen molar-refractivity contribution in [2.45, 2.75) is 38.9 Å². The van der Waals surface area contributed by atoms with Crippen molar-refractivity contribution in [2.75, 3.05) is 0 Å². The third-order valence-electron chi connectivity index (χ3n) is 3.53. The van der Waals surface area contributed by atoms with Crippen LogP contribution in [0.25, 0.3) is 5.65 Å². The number of pyridine rings is 1. The topological polar surface area (TPSA) is 48.7 Å². The van der Waals surface area contributed by atoms with Crippen molar-refractivity contribution in [2.24, 2.45) is 0 Å². The van der Waals surface area contributed by atoms with Crippen molar-refractivity contribution in [1.29, 1.82) is 0 Å². The molecule has 0 unspecified atom stereocenters. The van der Waals surface area contributed by atoms with Gasteiger partial charge in [0.1, 0.15) is 7.67 Å². The van der Waals surface area contributed by atoms with E-state index in [4.69, 9.17) is 14.8 Å². The zero-order valence-corrected chi connectivity index (χ0v) is 10.7. The van der Waals surface area contributed by atoms with Crippen LogP contribution in [0.2, 0.25) is 0 Å². The molecule has 1 aliphatic heterocycles. The molecule has 18 heavy (non-hydrogen) atoms. The van der Waals surface area contributed by atoms with Crippen LogP contribution >= 0.6 is 0 Å². The summed E-state index contributed by atoms with van der Waals surface area (Å²) >= 11 is 0. The molecule has 6 heteroatoms. The molecular weight excluding hydrogens is 229 g/mol. The van der Waals surface area contributed by atoms with E-state index in [-0.39, 0.29) is 35.7 Å². The first-order valence-electron chi connectivity index (χ1n) is 7.74. The lowest BCUT2D eigenvalue weighted by Gasteiger charge is -2.32. The van der Waals surface area contributed by atoms with E-state index in [0.29, 0.717) is 0 Å². The Morgan fingerprint density at radius 2 is 1.94 bits per heavy atom. The van der Waals surface area contributed by atoms with Crippen molar-refractivity contribution in [1.82, 2.24) is 14.6 Å². The minimum Gasteiger partial charge on any atom is -0.399 e. The van der Waals surface area contributed by atoms with Gasteiger partial charge < -0.3 is 9.31 Å². The zero-order chi connectivity index (χ0) is 16.4. The van der Waals surface area contributed by atoms with Gasteiger partial charge in [-0.1, -0.05) is 0 Å². The second kappa shape index (κ2) is 3.55. The minimum absolute atomic E-state index is 0.0516.